The van der Waals surface area contributed by atoms with Gasteiger partial charge in [0.15, 0.2) is 0 Å². The molecule has 0 atom stereocenters. The van der Waals surface area contributed by atoms with Gasteiger partial charge in [0.2, 0.25) is 0 Å². The number of rotatable bonds is 3. The monoisotopic (exact) mass is 365 g/mol. The van der Waals surface area contributed by atoms with Crippen molar-refractivity contribution in [2.24, 2.45) is 0 Å². The van der Waals surface area contributed by atoms with Gasteiger partial charge < -0.3 is 4.57 Å². The Kier molecular flexibility index (Phi) is 3.66. The molecule has 5 heteroatoms. The van der Waals surface area contributed by atoms with Crippen molar-refractivity contribution in [2.45, 2.75) is 0 Å². The van der Waals surface area contributed by atoms with E-state index in [1.165, 1.54) is 12.3 Å². The third-order valence-corrected chi connectivity index (χ3v) is 4.94. The SMILES string of the molecule is O=[N+]([O-])c1ccc(-c2ccc3c(c2)c2ccccc2n3-c2ccccc2)nc1. The van der Waals surface area contributed by atoms with Gasteiger partial charge in [0.05, 0.1) is 21.7 Å². The highest BCUT2D eigenvalue weighted by Crippen LogP contribution is 2.34. The standard InChI is InChI=1S/C23H15N3O2/c27-26(28)18-11-12-21(24-15-18)16-10-13-23-20(14-16)19-8-4-5-9-22(19)25(23)17-6-2-1-3-7-17/h1-15H. The maximum absolute atomic E-state index is 10.9. The Bertz CT molecular complexity index is 1320. The van der Waals surface area contributed by atoms with Crippen molar-refractivity contribution in [1.29, 1.82) is 0 Å². The van der Waals surface area contributed by atoms with E-state index < -0.39 is 4.92 Å². The van der Waals surface area contributed by atoms with Crippen LogP contribution in [0.5, 0.6) is 0 Å². The summed E-state index contributed by atoms with van der Waals surface area (Å²) < 4.78 is 2.25. The van der Waals surface area contributed by atoms with Crippen LogP contribution >= 0.6 is 0 Å². The normalized spacial score (nSPS) is 11.1. The average Bonchev–Trinajstić information content (AvgIpc) is 3.08. The van der Waals surface area contributed by atoms with E-state index in [4.69, 9.17) is 0 Å². The molecule has 0 saturated carbocycles. The quantitative estimate of drug-likeness (QED) is 0.302. The molecule has 0 unspecified atom stereocenters. The predicted octanol–water partition coefficient (Wildman–Crippen LogP) is 5.75. The fraction of sp³-hybridized carbons (Fsp3) is 0. The first-order valence-corrected chi connectivity index (χ1v) is 8.92. The Morgan fingerprint density at radius 1 is 0.786 bits per heavy atom. The minimum atomic E-state index is -0.437. The summed E-state index contributed by atoms with van der Waals surface area (Å²) in [5.41, 5.74) is 4.98. The van der Waals surface area contributed by atoms with Crippen LogP contribution in [0.1, 0.15) is 0 Å². The third kappa shape index (κ3) is 2.53. The Morgan fingerprint density at radius 2 is 1.54 bits per heavy atom. The summed E-state index contributed by atoms with van der Waals surface area (Å²) in [4.78, 5) is 14.7. The Labute approximate surface area is 160 Å². The molecule has 2 aromatic heterocycles. The number of benzene rings is 3. The molecule has 0 aliphatic rings. The summed E-state index contributed by atoms with van der Waals surface area (Å²) in [5.74, 6) is 0. The zero-order chi connectivity index (χ0) is 19.1. The molecule has 0 spiro atoms. The molecule has 5 rings (SSSR count). The third-order valence-electron chi connectivity index (χ3n) is 4.94. The van der Waals surface area contributed by atoms with E-state index in [-0.39, 0.29) is 5.69 Å². The highest BCUT2D eigenvalue weighted by molar-refractivity contribution is 6.10. The smallest absolute Gasteiger partial charge is 0.287 e. The first kappa shape index (κ1) is 16.2. The molecule has 5 nitrogen and oxygen atoms in total. The van der Waals surface area contributed by atoms with Gasteiger partial charge in [0.25, 0.3) is 5.69 Å². The molecule has 5 aromatic rings. The van der Waals surface area contributed by atoms with Crippen LogP contribution in [0.2, 0.25) is 0 Å². The van der Waals surface area contributed by atoms with E-state index in [9.17, 15) is 10.1 Å². The second-order valence-corrected chi connectivity index (χ2v) is 6.58. The van der Waals surface area contributed by atoms with Gasteiger partial charge in [0, 0.05) is 28.1 Å². The van der Waals surface area contributed by atoms with Crippen LogP contribution in [0.4, 0.5) is 5.69 Å². The number of hydrogen-bond donors (Lipinski definition) is 0. The molecule has 2 heterocycles. The molecular weight excluding hydrogens is 350 g/mol. The number of aromatic nitrogens is 2. The predicted molar refractivity (Wildman–Crippen MR) is 111 cm³/mol. The van der Waals surface area contributed by atoms with Gasteiger partial charge in [0.1, 0.15) is 6.20 Å². The van der Waals surface area contributed by atoms with E-state index in [1.54, 1.807) is 6.07 Å². The summed E-state index contributed by atoms with van der Waals surface area (Å²) in [5, 5.41) is 13.2. The van der Waals surface area contributed by atoms with Crippen molar-refractivity contribution < 1.29 is 4.92 Å². The molecule has 0 fully saturated rings. The number of para-hydroxylation sites is 2. The van der Waals surface area contributed by atoms with E-state index in [0.717, 1.165) is 33.1 Å². The number of nitro groups is 1. The van der Waals surface area contributed by atoms with Gasteiger partial charge >= 0.3 is 0 Å². The Morgan fingerprint density at radius 3 is 2.29 bits per heavy atom. The first-order chi connectivity index (χ1) is 13.7. The molecule has 134 valence electrons. The first-order valence-electron chi connectivity index (χ1n) is 8.92. The van der Waals surface area contributed by atoms with Crippen LogP contribution in [0, 0.1) is 10.1 Å². The second-order valence-electron chi connectivity index (χ2n) is 6.58. The summed E-state index contributed by atoms with van der Waals surface area (Å²) in [6, 6.07) is 27.9. The van der Waals surface area contributed by atoms with Crippen LogP contribution in [-0.4, -0.2) is 14.5 Å². The Hall–Kier alpha value is -3.99. The van der Waals surface area contributed by atoms with Crippen LogP contribution in [0.25, 0.3) is 38.8 Å². The molecule has 28 heavy (non-hydrogen) atoms. The lowest BCUT2D eigenvalue weighted by Crippen LogP contribution is -1.93. The number of pyridine rings is 1. The maximum Gasteiger partial charge on any atom is 0.287 e. The van der Waals surface area contributed by atoms with Crippen molar-refractivity contribution in [2.75, 3.05) is 0 Å². The molecule has 0 saturated heterocycles. The molecular formula is C23H15N3O2. The van der Waals surface area contributed by atoms with Crippen LogP contribution < -0.4 is 0 Å². The molecule has 0 bridgehead atoms. The fourth-order valence-electron chi connectivity index (χ4n) is 3.65. The number of fused-ring (bicyclic) bond motifs is 3. The fourth-order valence-corrected chi connectivity index (χ4v) is 3.65. The van der Waals surface area contributed by atoms with E-state index in [1.807, 2.05) is 36.4 Å². The molecule has 0 aliphatic heterocycles. The van der Waals surface area contributed by atoms with Gasteiger partial charge in [-0.3, -0.25) is 10.1 Å². The zero-order valence-electron chi connectivity index (χ0n) is 14.8. The molecule has 0 aliphatic carbocycles. The number of hydrogen-bond acceptors (Lipinski definition) is 3. The highest BCUT2D eigenvalue weighted by atomic mass is 16.6. The lowest BCUT2D eigenvalue weighted by molar-refractivity contribution is -0.385. The minimum Gasteiger partial charge on any atom is -0.309 e. The number of nitrogens with zero attached hydrogens (tertiary/aromatic N) is 3. The van der Waals surface area contributed by atoms with Gasteiger partial charge in [-0.25, -0.2) is 4.98 Å². The summed E-state index contributed by atoms with van der Waals surface area (Å²) in [7, 11) is 0. The second kappa shape index (κ2) is 6.32. The van der Waals surface area contributed by atoms with Crippen LogP contribution in [0.15, 0.2) is 91.1 Å². The molecule has 0 N–H and O–H groups in total. The average molecular weight is 365 g/mol. The zero-order valence-corrected chi connectivity index (χ0v) is 14.8. The Balaban J connectivity index is 1.75. The van der Waals surface area contributed by atoms with Crippen molar-refractivity contribution >= 4 is 27.5 Å². The summed E-state index contributed by atoms with van der Waals surface area (Å²) >= 11 is 0. The summed E-state index contributed by atoms with van der Waals surface area (Å²) in [6.45, 7) is 0. The topological polar surface area (TPSA) is 61.0 Å². The lowest BCUT2D eigenvalue weighted by atomic mass is 10.1. The molecule has 0 radical (unpaired) electrons. The van der Waals surface area contributed by atoms with Gasteiger partial charge in [-0.15, -0.1) is 0 Å². The lowest BCUT2D eigenvalue weighted by Gasteiger charge is -2.07. The summed E-state index contributed by atoms with van der Waals surface area (Å²) in [6.07, 6.45) is 1.30. The van der Waals surface area contributed by atoms with Crippen molar-refractivity contribution in [3.8, 4) is 16.9 Å². The van der Waals surface area contributed by atoms with Gasteiger partial charge in [-0.2, -0.15) is 0 Å². The highest BCUT2D eigenvalue weighted by Gasteiger charge is 2.13. The van der Waals surface area contributed by atoms with Crippen LogP contribution in [0.3, 0.4) is 0 Å². The minimum absolute atomic E-state index is 0.00879. The molecule has 3 aromatic carbocycles. The van der Waals surface area contributed by atoms with Crippen molar-refractivity contribution in [3.63, 3.8) is 0 Å². The van der Waals surface area contributed by atoms with Gasteiger partial charge in [-0.05, 0) is 36.4 Å². The molecule has 0 amide bonds. The van der Waals surface area contributed by atoms with Crippen molar-refractivity contribution in [3.05, 3.63) is 101 Å². The van der Waals surface area contributed by atoms with Gasteiger partial charge in [-0.1, -0.05) is 42.5 Å². The van der Waals surface area contributed by atoms with E-state index in [2.05, 4.69) is 45.9 Å². The van der Waals surface area contributed by atoms with Crippen molar-refractivity contribution in [1.82, 2.24) is 9.55 Å². The maximum atomic E-state index is 10.9. The largest absolute Gasteiger partial charge is 0.309 e. The van der Waals surface area contributed by atoms with Crippen LogP contribution in [-0.2, 0) is 0 Å². The van der Waals surface area contributed by atoms with E-state index in [0.29, 0.717) is 5.69 Å². The van der Waals surface area contributed by atoms with E-state index >= 15 is 0 Å².